The Hall–Kier alpha value is -5.02. The van der Waals surface area contributed by atoms with Crippen molar-refractivity contribution in [3.63, 3.8) is 0 Å². The van der Waals surface area contributed by atoms with Gasteiger partial charge < -0.3 is 14.2 Å². The van der Waals surface area contributed by atoms with Crippen LogP contribution >= 0.6 is 12.2 Å². The summed E-state index contributed by atoms with van der Waals surface area (Å²) in [5, 5.41) is 2.56. The van der Waals surface area contributed by atoms with Crippen LogP contribution in [0.15, 0.2) is 103 Å². The van der Waals surface area contributed by atoms with Crippen LogP contribution in [-0.4, -0.2) is 24.0 Å². The third kappa shape index (κ3) is 6.00. The summed E-state index contributed by atoms with van der Waals surface area (Å²) in [5.41, 5.74) is 1.71. The maximum atomic E-state index is 13.4. The number of carbonyl (C=O) groups is 2. The summed E-state index contributed by atoms with van der Waals surface area (Å²) in [7, 11) is 1.49. The van der Waals surface area contributed by atoms with Crippen LogP contribution in [0.25, 0.3) is 6.08 Å². The van der Waals surface area contributed by atoms with E-state index in [9.17, 15) is 14.0 Å². The predicted molar refractivity (Wildman–Crippen MR) is 153 cm³/mol. The molecule has 0 aromatic heterocycles. The van der Waals surface area contributed by atoms with Crippen LogP contribution < -0.4 is 24.4 Å². The van der Waals surface area contributed by atoms with E-state index in [4.69, 9.17) is 26.4 Å². The number of hydrogen-bond acceptors (Lipinski definition) is 6. The van der Waals surface area contributed by atoms with E-state index in [0.717, 1.165) is 5.56 Å². The number of ether oxygens (including phenoxy) is 3. The molecule has 1 fully saturated rings. The largest absolute Gasteiger partial charge is 0.493 e. The molecule has 1 saturated heterocycles. The van der Waals surface area contributed by atoms with Crippen LogP contribution in [0, 0.1) is 5.82 Å². The van der Waals surface area contributed by atoms with Gasteiger partial charge in [-0.25, -0.2) is 4.39 Å². The maximum absolute atomic E-state index is 13.4. The van der Waals surface area contributed by atoms with Gasteiger partial charge in [0.25, 0.3) is 11.8 Å². The van der Waals surface area contributed by atoms with E-state index >= 15 is 0 Å². The number of para-hydroxylation sites is 1. The number of amides is 2. The van der Waals surface area contributed by atoms with Gasteiger partial charge in [-0.2, -0.15) is 0 Å². The average Bonchev–Trinajstić information content (AvgIpc) is 2.96. The first-order chi connectivity index (χ1) is 19.4. The number of nitrogens with one attached hydrogen (secondary N) is 1. The third-order valence-electron chi connectivity index (χ3n) is 5.98. The number of halogens is 1. The molecule has 9 heteroatoms. The zero-order chi connectivity index (χ0) is 28.1. The van der Waals surface area contributed by atoms with Crippen molar-refractivity contribution in [3.8, 4) is 23.0 Å². The summed E-state index contributed by atoms with van der Waals surface area (Å²) in [5.74, 6) is 0.620. The highest BCUT2D eigenvalue weighted by atomic mass is 32.1. The van der Waals surface area contributed by atoms with Crippen LogP contribution in [0.4, 0.5) is 10.1 Å². The second kappa shape index (κ2) is 11.8. The average molecular weight is 555 g/mol. The van der Waals surface area contributed by atoms with E-state index in [2.05, 4.69) is 5.32 Å². The van der Waals surface area contributed by atoms with Gasteiger partial charge in [-0.3, -0.25) is 19.8 Å². The molecule has 1 aliphatic rings. The van der Waals surface area contributed by atoms with Gasteiger partial charge in [0.15, 0.2) is 16.6 Å². The van der Waals surface area contributed by atoms with E-state index in [1.54, 1.807) is 54.6 Å². The van der Waals surface area contributed by atoms with E-state index in [1.165, 1.54) is 30.2 Å². The van der Waals surface area contributed by atoms with Gasteiger partial charge >= 0.3 is 0 Å². The molecular weight excluding hydrogens is 531 g/mol. The van der Waals surface area contributed by atoms with E-state index in [-0.39, 0.29) is 23.1 Å². The molecule has 1 heterocycles. The second-order valence-corrected chi connectivity index (χ2v) is 9.08. The molecular formula is C31H23FN2O5S. The lowest BCUT2D eigenvalue weighted by Crippen LogP contribution is -2.54. The Kier molecular flexibility index (Phi) is 7.84. The molecule has 0 bridgehead atoms. The maximum Gasteiger partial charge on any atom is 0.270 e. The Labute approximate surface area is 235 Å². The topological polar surface area (TPSA) is 77.1 Å². The van der Waals surface area contributed by atoms with E-state index < -0.39 is 11.8 Å². The molecule has 1 aliphatic heterocycles. The highest BCUT2D eigenvalue weighted by Crippen LogP contribution is 2.31. The Morgan fingerprint density at radius 1 is 0.875 bits per heavy atom. The minimum atomic E-state index is -0.606. The van der Waals surface area contributed by atoms with Gasteiger partial charge in [0, 0.05) is 0 Å². The van der Waals surface area contributed by atoms with E-state index in [1.807, 2.05) is 30.3 Å². The van der Waals surface area contributed by atoms with Gasteiger partial charge in [0.05, 0.1) is 12.8 Å². The summed E-state index contributed by atoms with van der Waals surface area (Å²) >= 11 is 5.31. The lowest BCUT2D eigenvalue weighted by Gasteiger charge is -2.29. The quantitative estimate of drug-likeness (QED) is 0.163. The summed E-state index contributed by atoms with van der Waals surface area (Å²) in [6, 6.07) is 27.1. The summed E-state index contributed by atoms with van der Waals surface area (Å²) in [6.07, 6.45) is 1.46. The fourth-order valence-corrected chi connectivity index (χ4v) is 4.26. The molecule has 0 spiro atoms. The highest BCUT2D eigenvalue weighted by Gasteiger charge is 2.34. The van der Waals surface area contributed by atoms with Gasteiger partial charge in [0.2, 0.25) is 0 Å². The van der Waals surface area contributed by atoms with Gasteiger partial charge in [-0.15, -0.1) is 0 Å². The molecule has 0 saturated carbocycles. The number of anilines is 1. The smallest absolute Gasteiger partial charge is 0.270 e. The van der Waals surface area contributed by atoms with Crippen LogP contribution in [0.2, 0.25) is 0 Å². The molecule has 4 aromatic rings. The van der Waals surface area contributed by atoms with Gasteiger partial charge in [-0.05, 0) is 90.1 Å². The summed E-state index contributed by atoms with van der Waals surface area (Å²) in [6.45, 7) is 0.208. The Morgan fingerprint density at radius 2 is 1.57 bits per heavy atom. The van der Waals surface area contributed by atoms with Crippen molar-refractivity contribution in [2.45, 2.75) is 6.61 Å². The molecule has 0 radical (unpaired) electrons. The number of benzene rings is 4. The number of nitrogens with zero attached hydrogens (tertiary/aromatic N) is 1. The zero-order valence-electron chi connectivity index (χ0n) is 21.3. The minimum absolute atomic E-state index is 0.0222. The molecule has 5 rings (SSSR count). The molecule has 0 aliphatic carbocycles. The highest BCUT2D eigenvalue weighted by molar-refractivity contribution is 7.80. The lowest BCUT2D eigenvalue weighted by molar-refractivity contribution is -0.122. The standard InChI is InChI=1S/C31H23FN2O5S/c1-37-28-18-21(9-16-27(28)38-19-20-7-10-22(32)11-8-20)17-26-29(35)33-31(40)34(30(26)36)23-12-14-25(15-13-23)39-24-5-3-2-4-6-24/h2-18H,19H2,1H3,(H,33,35,40)/b26-17+. The van der Waals surface area contributed by atoms with Crippen molar-refractivity contribution < 1.29 is 28.2 Å². The second-order valence-electron chi connectivity index (χ2n) is 8.69. The number of rotatable bonds is 8. The van der Waals surface area contributed by atoms with Crippen molar-refractivity contribution in [3.05, 3.63) is 120 Å². The summed E-state index contributed by atoms with van der Waals surface area (Å²) < 4.78 is 30.3. The first-order valence-corrected chi connectivity index (χ1v) is 12.6. The number of carbonyl (C=O) groups excluding carboxylic acids is 2. The molecule has 2 amide bonds. The Balaban J connectivity index is 1.34. The number of methoxy groups -OCH3 is 1. The molecule has 7 nitrogen and oxygen atoms in total. The first kappa shape index (κ1) is 26.6. The van der Waals surface area contributed by atoms with E-state index in [0.29, 0.717) is 34.2 Å². The zero-order valence-corrected chi connectivity index (χ0v) is 22.1. The Morgan fingerprint density at radius 3 is 2.27 bits per heavy atom. The fraction of sp³-hybridized carbons (Fsp3) is 0.0645. The predicted octanol–water partition coefficient (Wildman–Crippen LogP) is 6.04. The molecule has 0 unspecified atom stereocenters. The molecule has 40 heavy (non-hydrogen) atoms. The molecule has 0 atom stereocenters. The molecule has 1 N–H and O–H groups in total. The normalized spacial score (nSPS) is 14.2. The van der Waals surface area contributed by atoms with Crippen molar-refractivity contribution in [1.29, 1.82) is 0 Å². The fourth-order valence-electron chi connectivity index (χ4n) is 3.98. The van der Waals surface area contributed by atoms with Crippen molar-refractivity contribution in [2.75, 3.05) is 12.0 Å². The minimum Gasteiger partial charge on any atom is -0.493 e. The molecule has 4 aromatic carbocycles. The van der Waals surface area contributed by atoms with Crippen LogP contribution in [-0.2, 0) is 16.2 Å². The number of thiocarbonyl (C=S) groups is 1. The van der Waals surface area contributed by atoms with Crippen molar-refractivity contribution in [2.24, 2.45) is 0 Å². The lowest BCUT2D eigenvalue weighted by atomic mass is 10.1. The molecule has 200 valence electrons. The first-order valence-electron chi connectivity index (χ1n) is 12.2. The van der Waals surface area contributed by atoms with Crippen LogP contribution in [0.5, 0.6) is 23.0 Å². The number of hydrogen-bond donors (Lipinski definition) is 1. The monoisotopic (exact) mass is 554 g/mol. The summed E-state index contributed by atoms with van der Waals surface area (Å²) in [4.78, 5) is 27.4. The van der Waals surface area contributed by atoms with Crippen molar-refractivity contribution >= 4 is 40.9 Å². The van der Waals surface area contributed by atoms with Crippen LogP contribution in [0.1, 0.15) is 11.1 Å². The van der Waals surface area contributed by atoms with Crippen molar-refractivity contribution in [1.82, 2.24) is 5.32 Å². The Bertz CT molecular complexity index is 1590. The third-order valence-corrected chi connectivity index (χ3v) is 6.27. The van der Waals surface area contributed by atoms with Gasteiger partial charge in [-0.1, -0.05) is 36.4 Å². The SMILES string of the molecule is COc1cc(/C=C2\C(=O)NC(=S)N(c3ccc(Oc4ccccc4)cc3)C2=O)ccc1OCc1ccc(F)cc1. The van der Waals surface area contributed by atoms with Gasteiger partial charge in [0.1, 0.15) is 29.5 Å². The van der Waals surface area contributed by atoms with Crippen LogP contribution in [0.3, 0.4) is 0 Å².